The number of hydrogen-bond donors (Lipinski definition) is 0. The minimum Gasteiger partial charge on any atom is -0.369 e. The van der Waals surface area contributed by atoms with Crippen molar-refractivity contribution in [3.63, 3.8) is 0 Å². The highest BCUT2D eigenvalue weighted by atomic mass is 127. The first-order valence-electron chi connectivity index (χ1n) is 5.92. The van der Waals surface area contributed by atoms with E-state index >= 15 is 0 Å². The van der Waals surface area contributed by atoms with E-state index in [9.17, 15) is 0 Å². The molecule has 0 bridgehead atoms. The Balaban J connectivity index is 2.04. The zero-order valence-electron chi connectivity index (χ0n) is 9.99. The number of nitrogens with zero attached hydrogens (tertiary/aromatic N) is 2. The van der Waals surface area contributed by atoms with Crippen LogP contribution in [0.4, 0.5) is 5.69 Å². The number of anilines is 1. The van der Waals surface area contributed by atoms with Crippen molar-refractivity contribution >= 4 is 28.6 Å². The molecule has 0 saturated carbocycles. The fourth-order valence-electron chi connectivity index (χ4n) is 2.01. The number of rotatable bonds is 2. The van der Waals surface area contributed by atoms with Gasteiger partial charge in [0.15, 0.2) is 0 Å². The molecule has 1 aliphatic heterocycles. The molecule has 0 aromatic heterocycles. The monoisotopic (exact) mass is 330 g/mol. The van der Waals surface area contributed by atoms with E-state index in [1.54, 1.807) is 0 Å². The van der Waals surface area contributed by atoms with E-state index in [1.807, 2.05) is 0 Å². The molecule has 1 fully saturated rings. The van der Waals surface area contributed by atoms with Gasteiger partial charge in [0.05, 0.1) is 0 Å². The van der Waals surface area contributed by atoms with Crippen LogP contribution in [0.2, 0.25) is 0 Å². The summed E-state index contributed by atoms with van der Waals surface area (Å²) in [6.07, 6.45) is 0. The molecule has 0 unspecified atom stereocenters. The van der Waals surface area contributed by atoms with Crippen LogP contribution in [0.25, 0.3) is 0 Å². The fraction of sp³-hybridized carbons (Fsp3) is 0.538. The Morgan fingerprint density at radius 3 is 2.06 bits per heavy atom. The molecule has 0 amide bonds. The molecule has 1 aromatic rings. The third kappa shape index (κ3) is 2.88. The lowest BCUT2D eigenvalue weighted by atomic mass is 10.0. The molecule has 0 atom stereocenters. The summed E-state index contributed by atoms with van der Waals surface area (Å²) < 4.78 is 2.36. The topological polar surface area (TPSA) is 6.48 Å². The van der Waals surface area contributed by atoms with Crippen LogP contribution in [0.3, 0.4) is 0 Å². The Bertz CT molecular complexity index is 326. The van der Waals surface area contributed by atoms with Gasteiger partial charge in [-0.3, -0.25) is 0 Å². The average molecular weight is 330 g/mol. The Hall–Kier alpha value is -0.290. The summed E-state index contributed by atoms with van der Waals surface area (Å²) >= 11 is 2.41. The van der Waals surface area contributed by atoms with Crippen molar-refractivity contribution in [1.29, 1.82) is 0 Å². The van der Waals surface area contributed by atoms with Crippen molar-refractivity contribution in [3.8, 4) is 0 Å². The van der Waals surface area contributed by atoms with Crippen LogP contribution in [0.5, 0.6) is 0 Å². The summed E-state index contributed by atoms with van der Waals surface area (Å²) in [7, 11) is 0. The summed E-state index contributed by atoms with van der Waals surface area (Å²) in [5, 5.41) is 0. The van der Waals surface area contributed by atoms with Crippen molar-refractivity contribution in [2.24, 2.45) is 0 Å². The van der Waals surface area contributed by atoms with Crippen molar-refractivity contribution in [3.05, 3.63) is 29.8 Å². The van der Waals surface area contributed by atoms with E-state index in [0.717, 1.165) is 26.2 Å². The van der Waals surface area contributed by atoms with Crippen molar-refractivity contribution in [2.75, 3.05) is 31.1 Å². The predicted octanol–water partition coefficient (Wildman–Crippen LogP) is 3.28. The van der Waals surface area contributed by atoms with Gasteiger partial charge in [0.25, 0.3) is 0 Å². The van der Waals surface area contributed by atoms with Crippen LogP contribution in [0.15, 0.2) is 24.3 Å². The van der Waals surface area contributed by atoms with Gasteiger partial charge in [-0.15, -0.1) is 0 Å². The summed E-state index contributed by atoms with van der Waals surface area (Å²) in [6, 6.07) is 9.04. The first-order valence-corrected chi connectivity index (χ1v) is 6.89. The number of piperazine rings is 1. The number of benzene rings is 1. The SMILES string of the molecule is CC(C)c1ccc(N2CCN(I)CC2)cc1. The third-order valence-corrected chi connectivity index (χ3v) is 4.11. The van der Waals surface area contributed by atoms with Gasteiger partial charge in [0.2, 0.25) is 0 Å². The van der Waals surface area contributed by atoms with Gasteiger partial charge in [-0.1, -0.05) is 26.0 Å². The van der Waals surface area contributed by atoms with Gasteiger partial charge in [-0.25, -0.2) is 3.11 Å². The normalized spacial score (nSPS) is 18.1. The van der Waals surface area contributed by atoms with E-state index in [1.165, 1.54) is 11.3 Å². The fourth-order valence-corrected chi connectivity index (χ4v) is 2.44. The van der Waals surface area contributed by atoms with Gasteiger partial charge < -0.3 is 4.90 Å². The summed E-state index contributed by atoms with van der Waals surface area (Å²) in [6.45, 7) is 9.08. The van der Waals surface area contributed by atoms with Crippen molar-refractivity contribution < 1.29 is 0 Å². The minimum atomic E-state index is 0.625. The maximum Gasteiger partial charge on any atom is 0.0367 e. The lowest BCUT2D eigenvalue weighted by molar-refractivity contribution is 0.460. The molecule has 1 aromatic carbocycles. The second kappa shape index (κ2) is 5.36. The Labute approximate surface area is 112 Å². The molecule has 1 aliphatic rings. The van der Waals surface area contributed by atoms with Gasteiger partial charge in [-0.2, -0.15) is 0 Å². The van der Waals surface area contributed by atoms with E-state index < -0.39 is 0 Å². The van der Waals surface area contributed by atoms with Crippen LogP contribution >= 0.6 is 22.9 Å². The zero-order chi connectivity index (χ0) is 11.5. The molecule has 0 N–H and O–H groups in total. The number of halogens is 1. The Morgan fingerprint density at radius 1 is 1.00 bits per heavy atom. The highest BCUT2D eigenvalue weighted by Crippen LogP contribution is 2.21. The van der Waals surface area contributed by atoms with Gasteiger partial charge in [0, 0.05) is 54.7 Å². The van der Waals surface area contributed by atoms with Gasteiger partial charge in [0.1, 0.15) is 0 Å². The molecule has 1 heterocycles. The van der Waals surface area contributed by atoms with E-state index in [0.29, 0.717) is 5.92 Å². The van der Waals surface area contributed by atoms with Crippen LogP contribution in [0.1, 0.15) is 25.3 Å². The zero-order valence-corrected chi connectivity index (χ0v) is 12.1. The molecule has 0 spiro atoms. The van der Waals surface area contributed by atoms with Crippen LogP contribution < -0.4 is 4.90 Å². The van der Waals surface area contributed by atoms with Crippen LogP contribution in [-0.4, -0.2) is 29.3 Å². The Morgan fingerprint density at radius 2 is 1.56 bits per heavy atom. The van der Waals surface area contributed by atoms with Crippen molar-refractivity contribution in [1.82, 2.24) is 3.11 Å². The third-order valence-electron chi connectivity index (χ3n) is 3.15. The van der Waals surface area contributed by atoms with Gasteiger partial charge >= 0.3 is 0 Å². The molecule has 2 nitrogen and oxygen atoms in total. The average Bonchev–Trinajstić information content (AvgIpc) is 2.30. The maximum atomic E-state index is 2.47. The van der Waals surface area contributed by atoms with E-state index in [-0.39, 0.29) is 0 Å². The minimum absolute atomic E-state index is 0.625. The Kier molecular flexibility index (Phi) is 4.08. The van der Waals surface area contributed by atoms with E-state index in [4.69, 9.17) is 0 Å². The molecule has 16 heavy (non-hydrogen) atoms. The highest BCUT2D eigenvalue weighted by Gasteiger charge is 2.14. The molecule has 2 rings (SSSR count). The second-order valence-electron chi connectivity index (χ2n) is 4.64. The second-order valence-corrected chi connectivity index (χ2v) is 6.01. The van der Waals surface area contributed by atoms with E-state index in [2.05, 4.69) is 69.0 Å². The standard InChI is InChI=1S/C13H19IN2/c1-11(2)12-3-5-13(6-4-12)15-7-9-16(14)10-8-15/h3-6,11H,7-10H2,1-2H3. The summed E-state index contributed by atoms with van der Waals surface area (Å²) in [5.41, 5.74) is 2.80. The molecule has 1 saturated heterocycles. The predicted molar refractivity (Wildman–Crippen MR) is 78.3 cm³/mol. The van der Waals surface area contributed by atoms with Crippen LogP contribution in [-0.2, 0) is 0 Å². The largest absolute Gasteiger partial charge is 0.369 e. The first kappa shape index (κ1) is 12.2. The smallest absolute Gasteiger partial charge is 0.0367 e. The quantitative estimate of drug-likeness (QED) is 0.607. The molecule has 3 heteroatoms. The molecule has 0 aliphatic carbocycles. The summed E-state index contributed by atoms with van der Waals surface area (Å²) in [5.74, 6) is 0.625. The molecule has 88 valence electrons. The number of hydrogen-bond acceptors (Lipinski definition) is 2. The molecular weight excluding hydrogens is 311 g/mol. The maximum absolute atomic E-state index is 2.47. The lowest BCUT2D eigenvalue weighted by Crippen LogP contribution is -2.42. The lowest BCUT2D eigenvalue weighted by Gasteiger charge is -2.33. The summed E-state index contributed by atoms with van der Waals surface area (Å²) in [4.78, 5) is 2.47. The highest BCUT2D eigenvalue weighted by molar-refractivity contribution is 14.1. The van der Waals surface area contributed by atoms with Crippen LogP contribution in [0, 0.1) is 0 Å². The molecular formula is C13H19IN2. The first-order chi connectivity index (χ1) is 7.66. The van der Waals surface area contributed by atoms with Crippen molar-refractivity contribution in [2.45, 2.75) is 19.8 Å². The molecule has 0 radical (unpaired) electrons. The van der Waals surface area contributed by atoms with Gasteiger partial charge in [-0.05, 0) is 23.6 Å².